The predicted molar refractivity (Wildman–Crippen MR) is 57.8 cm³/mol. The number of thioether (sulfide) groups is 1. The van der Waals surface area contributed by atoms with Crippen molar-refractivity contribution in [3.8, 4) is 0 Å². The summed E-state index contributed by atoms with van der Waals surface area (Å²) >= 11 is 1.74. The monoisotopic (exact) mass is 196 g/mol. The van der Waals surface area contributed by atoms with Crippen LogP contribution >= 0.6 is 11.8 Å². The van der Waals surface area contributed by atoms with Crippen LogP contribution in [0.4, 0.5) is 0 Å². The average molecular weight is 196 g/mol. The van der Waals surface area contributed by atoms with Crippen LogP contribution in [0.3, 0.4) is 0 Å². The number of rotatable bonds is 4. The molecular weight excluding hydrogens is 180 g/mol. The summed E-state index contributed by atoms with van der Waals surface area (Å²) in [5, 5.41) is 1.49. The Labute approximate surface area is 83.9 Å². The molecule has 2 atom stereocenters. The van der Waals surface area contributed by atoms with E-state index in [2.05, 4.69) is 18.8 Å². The van der Waals surface area contributed by atoms with Gasteiger partial charge in [-0.2, -0.15) is 0 Å². The summed E-state index contributed by atoms with van der Waals surface area (Å²) in [6.07, 6.45) is 2.83. The van der Waals surface area contributed by atoms with E-state index in [1.54, 1.807) is 11.8 Å². The molecule has 0 saturated carbocycles. The summed E-state index contributed by atoms with van der Waals surface area (Å²) in [5.41, 5.74) is 5.92. The number of pyridine rings is 1. The van der Waals surface area contributed by atoms with E-state index in [0.717, 1.165) is 11.4 Å². The van der Waals surface area contributed by atoms with Crippen molar-refractivity contribution in [1.29, 1.82) is 0 Å². The van der Waals surface area contributed by atoms with E-state index in [9.17, 15) is 0 Å². The fraction of sp³-hybridized carbons (Fsp3) is 0.500. The minimum Gasteiger partial charge on any atom is -0.327 e. The molecule has 0 spiro atoms. The van der Waals surface area contributed by atoms with Crippen LogP contribution in [-0.2, 0) is 0 Å². The molecule has 0 aliphatic carbocycles. The van der Waals surface area contributed by atoms with Gasteiger partial charge in [0.15, 0.2) is 0 Å². The Balaban J connectivity index is 2.50. The third-order valence-corrected chi connectivity index (χ3v) is 3.22. The summed E-state index contributed by atoms with van der Waals surface area (Å²) in [4.78, 5) is 4.24. The molecule has 2 nitrogen and oxygen atoms in total. The van der Waals surface area contributed by atoms with Crippen molar-refractivity contribution in [3.63, 3.8) is 0 Å². The molecule has 0 aromatic carbocycles. The normalized spacial score (nSPS) is 15.3. The quantitative estimate of drug-likeness (QED) is 0.751. The Bertz CT molecular complexity index is 238. The molecule has 1 heterocycles. The topological polar surface area (TPSA) is 38.9 Å². The maximum atomic E-state index is 5.92. The van der Waals surface area contributed by atoms with E-state index < -0.39 is 0 Å². The average Bonchev–Trinajstić information content (AvgIpc) is 2.18. The standard InChI is InChI=1S/C10H16N2S/c1-3-9(11)8(2)13-10-6-4-5-7-12-10/h4-9H,3,11H2,1-2H3. The van der Waals surface area contributed by atoms with Gasteiger partial charge in [-0.1, -0.05) is 19.9 Å². The Kier molecular flexibility index (Phi) is 4.25. The van der Waals surface area contributed by atoms with Crippen LogP contribution < -0.4 is 5.73 Å². The van der Waals surface area contributed by atoms with E-state index in [-0.39, 0.29) is 6.04 Å². The molecule has 2 N–H and O–H groups in total. The highest BCUT2D eigenvalue weighted by Gasteiger charge is 2.11. The Morgan fingerprint density at radius 1 is 1.54 bits per heavy atom. The van der Waals surface area contributed by atoms with Gasteiger partial charge in [-0.3, -0.25) is 0 Å². The molecule has 3 heteroatoms. The molecule has 72 valence electrons. The summed E-state index contributed by atoms with van der Waals surface area (Å²) < 4.78 is 0. The van der Waals surface area contributed by atoms with Gasteiger partial charge in [-0.15, -0.1) is 11.8 Å². The van der Waals surface area contributed by atoms with E-state index >= 15 is 0 Å². The van der Waals surface area contributed by atoms with Crippen molar-refractivity contribution in [1.82, 2.24) is 4.98 Å². The van der Waals surface area contributed by atoms with Crippen LogP contribution in [0.5, 0.6) is 0 Å². The van der Waals surface area contributed by atoms with Crippen molar-refractivity contribution in [2.45, 2.75) is 36.6 Å². The first-order valence-electron chi connectivity index (χ1n) is 4.57. The Morgan fingerprint density at radius 3 is 2.85 bits per heavy atom. The lowest BCUT2D eigenvalue weighted by Gasteiger charge is -2.16. The lowest BCUT2D eigenvalue weighted by atomic mass is 10.2. The zero-order valence-electron chi connectivity index (χ0n) is 8.10. The number of hydrogen-bond acceptors (Lipinski definition) is 3. The van der Waals surface area contributed by atoms with Crippen LogP contribution in [0.2, 0.25) is 0 Å². The van der Waals surface area contributed by atoms with E-state index in [1.807, 2.05) is 24.4 Å². The third-order valence-electron chi connectivity index (χ3n) is 2.02. The number of nitrogens with zero attached hydrogens (tertiary/aromatic N) is 1. The maximum Gasteiger partial charge on any atom is 0.0962 e. The van der Waals surface area contributed by atoms with Crippen molar-refractivity contribution < 1.29 is 0 Å². The number of hydrogen-bond donors (Lipinski definition) is 1. The van der Waals surface area contributed by atoms with E-state index in [0.29, 0.717) is 5.25 Å². The van der Waals surface area contributed by atoms with Gasteiger partial charge in [0.2, 0.25) is 0 Å². The van der Waals surface area contributed by atoms with Gasteiger partial charge < -0.3 is 5.73 Å². The second kappa shape index (κ2) is 5.25. The summed E-state index contributed by atoms with van der Waals surface area (Å²) in [5.74, 6) is 0. The Morgan fingerprint density at radius 2 is 2.31 bits per heavy atom. The SMILES string of the molecule is CCC(N)C(C)Sc1ccccn1. The maximum absolute atomic E-state index is 5.92. The largest absolute Gasteiger partial charge is 0.327 e. The molecule has 0 bridgehead atoms. The van der Waals surface area contributed by atoms with Crippen molar-refractivity contribution in [2.24, 2.45) is 5.73 Å². The van der Waals surface area contributed by atoms with Crippen molar-refractivity contribution in [2.75, 3.05) is 0 Å². The first kappa shape index (κ1) is 10.5. The predicted octanol–water partition coefficient (Wildman–Crippen LogP) is 2.30. The zero-order valence-corrected chi connectivity index (χ0v) is 8.92. The van der Waals surface area contributed by atoms with Crippen LogP contribution in [0.15, 0.2) is 29.4 Å². The molecule has 13 heavy (non-hydrogen) atoms. The molecule has 0 aliphatic rings. The molecule has 0 amide bonds. The summed E-state index contributed by atoms with van der Waals surface area (Å²) in [7, 11) is 0. The molecule has 1 rings (SSSR count). The van der Waals surface area contributed by atoms with Gasteiger partial charge >= 0.3 is 0 Å². The smallest absolute Gasteiger partial charge is 0.0962 e. The van der Waals surface area contributed by atoms with Gasteiger partial charge in [0, 0.05) is 17.5 Å². The second-order valence-electron chi connectivity index (χ2n) is 3.06. The summed E-state index contributed by atoms with van der Waals surface area (Å²) in [6.45, 7) is 4.26. The van der Waals surface area contributed by atoms with Crippen LogP contribution in [0.25, 0.3) is 0 Å². The van der Waals surface area contributed by atoms with Gasteiger partial charge in [0.1, 0.15) is 0 Å². The molecule has 0 fully saturated rings. The van der Waals surface area contributed by atoms with Gasteiger partial charge in [0.25, 0.3) is 0 Å². The van der Waals surface area contributed by atoms with Crippen molar-refractivity contribution in [3.05, 3.63) is 24.4 Å². The fourth-order valence-corrected chi connectivity index (χ4v) is 2.05. The van der Waals surface area contributed by atoms with E-state index in [1.165, 1.54) is 0 Å². The summed E-state index contributed by atoms with van der Waals surface area (Å²) in [6, 6.07) is 6.20. The first-order valence-corrected chi connectivity index (χ1v) is 5.45. The molecule has 0 radical (unpaired) electrons. The highest BCUT2D eigenvalue weighted by atomic mass is 32.2. The van der Waals surface area contributed by atoms with Gasteiger partial charge in [0.05, 0.1) is 5.03 Å². The molecule has 1 aromatic heterocycles. The van der Waals surface area contributed by atoms with Crippen LogP contribution in [0.1, 0.15) is 20.3 Å². The molecule has 0 aliphatic heterocycles. The van der Waals surface area contributed by atoms with Gasteiger partial charge in [-0.05, 0) is 18.6 Å². The fourth-order valence-electron chi connectivity index (χ4n) is 1.03. The van der Waals surface area contributed by atoms with E-state index in [4.69, 9.17) is 5.73 Å². The van der Waals surface area contributed by atoms with Crippen LogP contribution in [0, 0.1) is 0 Å². The lowest BCUT2D eigenvalue weighted by molar-refractivity contribution is 0.642. The zero-order chi connectivity index (χ0) is 9.68. The number of aromatic nitrogens is 1. The lowest BCUT2D eigenvalue weighted by Crippen LogP contribution is -2.29. The second-order valence-corrected chi connectivity index (χ2v) is 4.46. The molecule has 0 saturated heterocycles. The first-order chi connectivity index (χ1) is 6.24. The minimum absolute atomic E-state index is 0.256. The molecule has 2 unspecified atom stereocenters. The highest BCUT2D eigenvalue weighted by Crippen LogP contribution is 2.22. The minimum atomic E-state index is 0.256. The highest BCUT2D eigenvalue weighted by molar-refractivity contribution is 7.99. The van der Waals surface area contributed by atoms with Gasteiger partial charge in [-0.25, -0.2) is 4.98 Å². The van der Waals surface area contributed by atoms with Crippen LogP contribution in [-0.4, -0.2) is 16.3 Å². The van der Waals surface area contributed by atoms with Crippen molar-refractivity contribution >= 4 is 11.8 Å². The third kappa shape index (κ3) is 3.36. The Hall–Kier alpha value is -0.540. The molecular formula is C10H16N2S. The molecule has 1 aromatic rings. The number of nitrogens with two attached hydrogens (primary N) is 1.